The Labute approximate surface area is 119 Å². The highest BCUT2D eigenvalue weighted by Crippen LogP contribution is 2.24. The fourth-order valence-electron chi connectivity index (χ4n) is 1.35. The molecule has 1 amide bonds. The van der Waals surface area contributed by atoms with Gasteiger partial charge in [-0.3, -0.25) is 4.79 Å². The lowest BCUT2D eigenvalue weighted by Gasteiger charge is -2.26. The van der Waals surface area contributed by atoms with E-state index in [1.807, 2.05) is 33.8 Å². The SMILES string of the molecule is Cc1c(Cl)cccc1NC(=O)[C@@H](N)C(C)(C)C.Cl. The number of benzene rings is 1. The van der Waals surface area contributed by atoms with Crippen molar-refractivity contribution in [3.63, 3.8) is 0 Å². The maximum absolute atomic E-state index is 11.9. The Kier molecular flexibility index (Phi) is 6.14. The number of nitrogens with one attached hydrogen (secondary N) is 1. The number of anilines is 1. The van der Waals surface area contributed by atoms with E-state index in [2.05, 4.69) is 5.32 Å². The minimum atomic E-state index is -0.555. The van der Waals surface area contributed by atoms with E-state index in [-0.39, 0.29) is 23.7 Å². The zero-order valence-corrected chi connectivity index (χ0v) is 12.7. The van der Waals surface area contributed by atoms with Gasteiger partial charge in [0, 0.05) is 10.7 Å². The first-order valence-corrected chi connectivity index (χ1v) is 5.93. The molecule has 1 rings (SSSR count). The van der Waals surface area contributed by atoms with Gasteiger partial charge in [-0.15, -0.1) is 12.4 Å². The summed E-state index contributed by atoms with van der Waals surface area (Å²) >= 11 is 5.98. The second-order valence-corrected chi connectivity index (χ2v) is 5.65. The number of halogens is 2. The molecule has 0 spiro atoms. The molecule has 0 radical (unpaired) electrons. The van der Waals surface area contributed by atoms with Crippen LogP contribution in [-0.4, -0.2) is 11.9 Å². The molecule has 3 N–H and O–H groups in total. The quantitative estimate of drug-likeness (QED) is 0.877. The Morgan fingerprint density at radius 1 is 1.39 bits per heavy atom. The van der Waals surface area contributed by atoms with Crippen LogP contribution in [0, 0.1) is 12.3 Å². The van der Waals surface area contributed by atoms with Crippen molar-refractivity contribution >= 4 is 35.6 Å². The van der Waals surface area contributed by atoms with Crippen LogP contribution in [0.1, 0.15) is 26.3 Å². The third kappa shape index (κ3) is 4.16. The normalized spacial score (nSPS) is 12.6. The molecule has 0 aliphatic carbocycles. The van der Waals surface area contributed by atoms with Gasteiger partial charge < -0.3 is 11.1 Å². The van der Waals surface area contributed by atoms with Gasteiger partial charge in [-0.2, -0.15) is 0 Å². The van der Waals surface area contributed by atoms with E-state index in [0.717, 1.165) is 5.56 Å². The molecule has 0 bridgehead atoms. The van der Waals surface area contributed by atoms with Crippen molar-refractivity contribution in [3.05, 3.63) is 28.8 Å². The molecule has 0 heterocycles. The summed E-state index contributed by atoms with van der Waals surface area (Å²) in [7, 11) is 0. The van der Waals surface area contributed by atoms with Gasteiger partial charge in [0.15, 0.2) is 0 Å². The summed E-state index contributed by atoms with van der Waals surface area (Å²) < 4.78 is 0. The Morgan fingerprint density at radius 2 is 1.94 bits per heavy atom. The average molecular weight is 291 g/mol. The van der Waals surface area contributed by atoms with Crippen LogP contribution in [0.4, 0.5) is 5.69 Å². The van der Waals surface area contributed by atoms with Crippen LogP contribution < -0.4 is 11.1 Å². The van der Waals surface area contributed by atoms with Crippen LogP contribution in [0.25, 0.3) is 0 Å². The first-order chi connectivity index (χ1) is 7.73. The third-order valence-corrected chi connectivity index (χ3v) is 3.15. The van der Waals surface area contributed by atoms with Gasteiger partial charge in [-0.05, 0) is 30.0 Å². The predicted octanol–water partition coefficient (Wildman–Crippen LogP) is 3.38. The zero-order valence-electron chi connectivity index (χ0n) is 11.1. The number of amides is 1. The van der Waals surface area contributed by atoms with E-state index in [9.17, 15) is 4.79 Å². The molecule has 0 aliphatic rings. The molecule has 1 aromatic rings. The van der Waals surface area contributed by atoms with Crippen LogP contribution in [0.15, 0.2) is 18.2 Å². The lowest BCUT2D eigenvalue weighted by molar-refractivity contribution is -0.119. The highest BCUT2D eigenvalue weighted by atomic mass is 35.5. The van der Waals surface area contributed by atoms with Crippen molar-refractivity contribution in [2.75, 3.05) is 5.32 Å². The molecule has 1 atom stereocenters. The monoisotopic (exact) mass is 290 g/mol. The van der Waals surface area contributed by atoms with E-state index in [4.69, 9.17) is 17.3 Å². The van der Waals surface area contributed by atoms with Gasteiger partial charge in [-0.1, -0.05) is 38.4 Å². The van der Waals surface area contributed by atoms with E-state index >= 15 is 0 Å². The van der Waals surface area contributed by atoms with Crippen molar-refractivity contribution in [2.45, 2.75) is 33.7 Å². The number of nitrogens with two attached hydrogens (primary N) is 1. The molecule has 0 aromatic heterocycles. The standard InChI is InChI=1S/C13H19ClN2O.ClH/c1-8-9(14)6-5-7-10(8)16-12(17)11(15)13(2,3)4;/h5-7,11H,15H2,1-4H3,(H,16,17);1H/t11-;/m1./s1. The van der Waals surface area contributed by atoms with Gasteiger partial charge in [-0.25, -0.2) is 0 Å². The maximum atomic E-state index is 11.9. The van der Waals surface area contributed by atoms with Gasteiger partial charge in [0.1, 0.15) is 0 Å². The Balaban J connectivity index is 0.00000289. The fraction of sp³-hybridized carbons (Fsp3) is 0.462. The Morgan fingerprint density at radius 3 is 2.44 bits per heavy atom. The van der Waals surface area contributed by atoms with Crippen molar-refractivity contribution in [1.82, 2.24) is 0 Å². The zero-order chi connectivity index (χ0) is 13.2. The van der Waals surface area contributed by atoms with E-state index < -0.39 is 6.04 Å². The number of hydrogen-bond donors (Lipinski definition) is 2. The maximum Gasteiger partial charge on any atom is 0.241 e. The van der Waals surface area contributed by atoms with Gasteiger partial charge in [0.05, 0.1) is 6.04 Å². The summed E-state index contributed by atoms with van der Waals surface area (Å²) in [5, 5.41) is 3.44. The summed E-state index contributed by atoms with van der Waals surface area (Å²) in [6.07, 6.45) is 0. The summed E-state index contributed by atoms with van der Waals surface area (Å²) in [5.74, 6) is -0.192. The number of rotatable bonds is 2. The van der Waals surface area contributed by atoms with E-state index in [0.29, 0.717) is 10.7 Å². The average Bonchev–Trinajstić information content (AvgIpc) is 2.22. The Hall–Kier alpha value is -0.770. The van der Waals surface area contributed by atoms with E-state index in [1.54, 1.807) is 12.1 Å². The topological polar surface area (TPSA) is 55.1 Å². The second-order valence-electron chi connectivity index (χ2n) is 5.25. The largest absolute Gasteiger partial charge is 0.324 e. The number of hydrogen-bond acceptors (Lipinski definition) is 2. The molecule has 1 aromatic carbocycles. The van der Waals surface area contributed by atoms with Crippen LogP contribution in [0.5, 0.6) is 0 Å². The molecule has 0 unspecified atom stereocenters. The molecule has 0 fully saturated rings. The minimum absolute atomic E-state index is 0. The molecular formula is C13H20Cl2N2O. The lowest BCUT2D eigenvalue weighted by atomic mass is 9.87. The lowest BCUT2D eigenvalue weighted by Crippen LogP contribution is -2.45. The summed E-state index contributed by atoms with van der Waals surface area (Å²) in [6.45, 7) is 7.66. The number of carbonyl (C=O) groups excluding carboxylic acids is 1. The van der Waals surface area contributed by atoms with E-state index in [1.165, 1.54) is 0 Å². The first-order valence-electron chi connectivity index (χ1n) is 5.55. The minimum Gasteiger partial charge on any atom is -0.324 e. The van der Waals surface area contributed by atoms with Crippen LogP contribution in [-0.2, 0) is 4.79 Å². The summed E-state index contributed by atoms with van der Waals surface area (Å²) in [5.41, 5.74) is 7.18. The number of carbonyl (C=O) groups is 1. The Bertz CT molecular complexity index is 427. The smallest absolute Gasteiger partial charge is 0.241 e. The van der Waals surface area contributed by atoms with Crippen molar-refractivity contribution < 1.29 is 4.79 Å². The van der Waals surface area contributed by atoms with Crippen LogP contribution in [0.2, 0.25) is 5.02 Å². The molecule has 0 saturated carbocycles. The fourth-order valence-corrected chi connectivity index (χ4v) is 1.52. The van der Waals surface area contributed by atoms with Gasteiger partial charge in [0.2, 0.25) is 5.91 Å². The molecular weight excluding hydrogens is 271 g/mol. The van der Waals surface area contributed by atoms with Crippen molar-refractivity contribution in [3.8, 4) is 0 Å². The summed E-state index contributed by atoms with van der Waals surface area (Å²) in [4.78, 5) is 11.9. The molecule has 18 heavy (non-hydrogen) atoms. The molecule has 0 saturated heterocycles. The molecule has 5 heteroatoms. The molecule has 0 aliphatic heterocycles. The predicted molar refractivity (Wildman–Crippen MR) is 79.5 cm³/mol. The van der Waals surface area contributed by atoms with Crippen molar-refractivity contribution in [1.29, 1.82) is 0 Å². The van der Waals surface area contributed by atoms with Crippen LogP contribution in [0.3, 0.4) is 0 Å². The second kappa shape index (κ2) is 6.41. The van der Waals surface area contributed by atoms with Crippen molar-refractivity contribution in [2.24, 2.45) is 11.1 Å². The molecule has 3 nitrogen and oxygen atoms in total. The first kappa shape index (κ1) is 17.2. The third-order valence-electron chi connectivity index (χ3n) is 2.74. The molecule has 102 valence electrons. The highest BCUT2D eigenvalue weighted by molar-refractivity contribution is 6.31. The van der Waals surface area contributed by atoms with Gasteiger partial charge in [0.25, 0.3) is 0 Å². The summed E-state index contributed by atoms with van der Waals surface area (Å²) in [6, 6.07) is 4.85. The van der Waals surface area contributed by atoms with Crippen LogP contribution >= 0.6 is 24.0 Å². The van der Waals surface area contributed by atoms with Gasteiger partial charge >= 0.3 is 0 Å². The highest BCUT2D eigenvalue weighted by Gasteiger charge is 2.27.